The van der Waals surface area contributed by atoms with Gasteiger partial charge in [0.25, 0.3) is 0 Å². The molecule has 0 aliphatic heterocycles. The van der Waals surface area contributed by atoms with Gasteiger partial charge in [0.15, 0.2) is 0 Å². The highest BCUT2D eigenvalue weighted by Gasteiger charge is 2.29. The first-order valence-electron chi connectivity index (χ1n) is 21.9. The molecule has 0 atom stereocenters. The summed E-state index contributed by atoms with van der Waals surface area (Å²) in [5.41, 5.74) is 7.99. The average molecular weight is 853 g/mol. The van der Waals surface area contributed by atoms with Crippen LogP contribution in [0.2, 0.25) is 0 Å². The molecule has 0 fully saturated rings. The third-order valence-electron chi connectivity index (χ3n) is 13.5. The standard InChI is InChI=1S/C59H48O6/c1-59(2,43-31-39(27-35-19-23-53(60)49-15-7-3-11-45(35)49)57(64)40(32-43)28-36-20-24-54(61)50-16-8-4-12-46(36)50)44-33-41(29-37-21-25-55(62)51-17-9-5-13-47(37)51)58(65)42(34-44)30-38-22-26-56(63)52-18-10-6-14-48(38)52/h3-26,31-34,60-65H,27-30H2,1-2H3. The molecular formula is C59H48O6. The zero-order valence-corrected chi connectivity index (χ0v) is 36.2. The Labute approximate surface area is 377 Å². The Morgan fingerprint density at radius 2 is 0.492 bits per heavy atom. The predicted octanol–water partition coefficient (Wildman–Crippen LogP) is 13.2. The maximum atomic E-state index is 12.3. The van der Waals surface area contributed by atoms with Gasteiger partial charge in [0.2, 0.25) is 0 Å². The van der Waals surface area contributed by atoms with Gasteiger partial charge in [-0.15, -0.1) is 0 Å². The van der Waals surface area contributed by atoms with Gasteiger partial charge in [-0.2, -0.15) is 0 Å². The van der Waals surface area contributed by atoms with Crippen molar-refractivity contribution in [3.8, 4) is 34.5 Å². The number of aromatic hydroxyl groups is 6. The topological polar surface area (TPSA) is 121 Å². The van der Waals surface area contributed by atoms with Crippen LogP contribution in [0.25, 0.3) is 43.1 Å². The normalized spacial score (nSPS) is 11.8. The fourth-order valence-electron chi connectivity index (χ4n) is 9.77. The van der Waals surface area contributed by atoms with Crippen LogP contribution in [0.5, 0.6) is 34.5 Å². The van der Waals surface area contributed by atoms with Crippen LogP contribution in [-0.4, -0.2) is 30.6 Å². The minimum absolute atomic E-state index is 0.185. The SMILES string of the molecule is CC(C)(c1cc(Cc2ccc(O)c3ccccc23)c(O)c(Cc2ccc(O)c3ccccc23)c1)c1cc(Cc2ccc(O)c3ccccc23)c(O)c(Cc2ccc(O)c3ccccc23)c1. The van der Waals surface area contributed by atoms with E-state index in [-0.39, 0.29) is 34.5 Å². The first-order chi connectivity index (χ1) is 31.4. The van der Waals surface area contributed by atoms with E-state index in [4.69, 9.17) is 0 Å². The molecule has 0 heterocycles. The van der Waals surface area contributed by atoms with Gasteiger partial charge in [-0.1, -0.05) is 159 Å². The third-order valence-corrected chi connectivity index (χ3v) is 13.5. The first-order valence-corrected chi connectivity index (χ1v) is 21.9. The fourth-order valence-corrected chi connectivity index (χ4v) is 9.77. The summed E-state index contributed by atoms with van der Waals surface area (Å²) < 4.78 is 0. The molecule has 0 aliphatic rings. The highest BCUT2D eigenvalue weighted by molar-refractivity contribution is 5.94. The lowest BCUT2D eigenvalue weighted by Gasteiger charge is -2.30. The van der Waals surface area contributed by atoms with Gasteiger partial charge < -0.3 is 30.6 Å². The van der Waals surface area contributed by atoms with Gasteiger partial charge >= 0.3 is 0 Å². The number of fused-ring (bicyclic) bond motifs is 4. The number of rotatable bonds is 10. The number of hydrogen-bond donors (Lipinski definition) is 6. The summed E-state index contributed by atoms with van der Waals surface area (Å²) in [7, 11) is 0. The van der Waals surface area contributed by atoms with Gasteiger partial charge in [-0.05, 0) is 101 Å². The van der Waals surface area contributed by atoms with Crippen molar-refractivity contribution in [1.29, 1.82) is 0 Å². The van der Waals surface area contributed by atoms with E-state index >= 15 is 0 Å². The number of benzene rings is 10. The maximum absolute atomic E-state index is 12.3. The predicted molar refractivity (Wildman–Crippen MR) is 262 cm³/mol. The maximum Gasteiger partial charge on any atom is 0.123 e. The molecular weight excluding hydrogens is 805 g/mol. The van der Waals surface area contributed by atoms with Crippen molar-refractivity contribution < 1.29 is 30.6 Å². The molecule has 320 valence electrons. The molecule has 6 heteroatoms. The smallest absolute Gasteiger partial charge is 0.123 e. The lowest BCUT2D eigenvalue weighted by atomic mass is 9.74. The summed E-state index contributed by atoms with van der Waals surface area (Å²) in [5.74, 6) is 1.16. The Bertz CT molecular complexity index is 3050. The molecule has 0 amide bonds. The van der Waals surface area contributed by atoms with Crippen molar-refractivity contribution in [3.63, 3.8) is 0 Å². The van der Waals surface area contributed by atoms with Crippen molar-refractivity contribution >= 4 is 43.1 Å². The second-order valence-electron chi connectivity index (χ2n) is 17.8. The van der Waals surface area contributed by atoms with Crippen LogP contribution in [0, 0.1) is 0 Å². The molecule has 6 nitrogen and oxygen atoms in total. The summed E-state index contributed by atoms with van der Waals surface area (Å²) in [4.78, 5) is 0. The average Bonchev–Trinajstić information content (AvgIpc) is 3.32. The minimum atomic E-state index is -0.684. The van der Waals surface area contributed by atoms with Crippen molar-refractivity contribution in [2.75, 3.05) is 0 Å². The first kappa shape index (κ1) is 41.1. The Balaban J connectivity index is 1.15. The van der Waals surface area contributed by atoms with E-state index in [0.717, 1.165) is 98.7 Å². The second-order valence-corrected chi connectivity index (χ2v) is 17.8. The molecule has 10 aromatic carbocycles. The quantitative estimate of drug-likeness (QED) is 0.0815. The summed E-state index contributed by atoms with van der Waals surface area (Å²) in [6.07, 6.45) is 1.59. The van der Waals surface area contributed by atoms with Gasteiger partial charge in [0.05, 0.1) is 0 Å². The van der Waals surface area contributed by atoms with Crippen molar-refractivity contribution in [2.45, 2.75) is 44.9 Å². The van der Waals surface area contributed by atoms with Gasteiger partial charge in [-0.3, -0.25) is 0 Å². The second kappa shape index (κ2) is 16.3. The van der Waals surface area contributed by atoms with E-state index in [2.05, 4.69) is 38.1 Å². The van der Waals surface area contributed by atoms with E-state index in [9.17, 15) is 30.6 Å². The monoisotopic (exact) mass is 852 g/mol. The van der Waals surface area contributed by atoms with Gasteiger partial charge in [-0.25, -0.2) is 0 Å². The molecule has 6 N–H and O–H groups in total. The van der Waals surface area contributed by atoms with E-state index in [1.807, 2.05) is 121 Å². The van der Waals surface area contributed by atoms with Crippen molar-refractivity contribution in [1.82, 2.24) is 0 Å². The number of phenolic OH excluding ortho intramolecular Hbond substituents is 6. The summed E-state index contributed by atoms with van der Waals surface area (Å²) in [6.45, 7) is 4.34. The molecule has 0 saturated carbocycles. The summed E-state index contributed by atoms with van der Waals surface area (Å²) >= 11 is 0. The van der Waals surface area contributed by atoms with E-state index in [1.165, 1.54) is 0 Å². The van der Waals surface area contributed by atoms with Crippen LogP contribution in [0.3, 0.4) is 0 Å². The van der Waals surface area contributed by atoms with Crippen molar-refractivity contribution in [3.05, 3.63) is 225 Å². The van der Waals surface area contributed by atoms with E-state index in [1.54, 1.807) is 24.3 Å². The van der Waals surface area contributed by atoms with Crippen molar-refractivity contribution in [2.24, 2.45) is 0 Å². The van der Waals surface area contributed by atoms with Crippen LogP contribution >= 0.6 is 0 Å². The molecule has 0 saturated heterocycles. The van der Waals surface area contributed by atoms with E-state index in [0.29, 0.717) is 25.7 Å². The molecule has 0 aliphatic carbocycles. The Hall–Kier alpha value is -7.96. The molecule has 0 radical (unpaired) electrons. The zero-order valence-electron chi connectivity index (χ0n) is 36.2. The third kappa shape index (κ3) is 7.47. The highest BCUT2D eigenvalue weighted by Crippen LogP contribution is 2.43. The molecule has 0 bridgehead atoms. The molecule has 10 rings (SSSR count). The van der Waals surface area contributed by atoms with Crippen LogP contribution in [-0.2, 0) is 31.1 Å². The number of phenols is 6. The molecule has 0 unspecified atom stereocenters. The minimum Gasteiger partial charge on any atom is -0.507 e. The zero-order chi connectivity index (χ0) is 45.0. The van der Waals surface area contributed by atoms with Crippen LogP contribution in [0.15, 0.2) is 170 Å². The lowest BCUT2D eigenvalue weighted by Crippen LogP contribution is -2.21. The Morgan fingerprint density at radius 3 is 0.723 bits per heavy atom. The Morgan fingerprint density at radius 1 is 0.277 bits per heavy atom. The fraction of sp³-hybridized carbons (Fsp3) is 0.119. The van der Waals surface area contributed by atoms with Crippen LogP contribution < -0.4 is 0 Å². The summed E-state index contributed by atoms with van der Waals surface area (Å²) in [6, 6.07) is 53.8. The van der Waals surface area contributed by atoms with Gasteiger partial charge in [0, 0.05) is 52.6 Å². The molecule has 0 spiro atoms. The largest absolute Gasteiger partial charge is 0.507 e. The van der Waals surface area contributed by atoms with Gasteiger partial charge in [0.1, 0.15) is 34.5 Å². The summed E-state index contributed by atoms with van der Waals surface area (Å²) in [5, 5.41) is 74.3. The van der Waals surface area contributed by atoms with Crippen LogP contribution in [0.1, 0.15) is 69.5 Å². The van der Waals surface area contributed by atoms with Crippen LogP contribution in [0.4, 0.5) is 0 Å². The molecule has 65 heavy (non-hydrogen) atoms. The Kier molecular flexibility index (Phi) is 10.3. The van der Waals surface area contributed by atoms with E-state index < -0.39 is 5.41 Å². The molecule has 10 aromatic rings. The molecule has 0 aromatic heterocycles. The number of hydrogen-bond acceptors (Lipinski definition) is 6. The highest BCUT2D eigenvalue weighted by atomic mass is 16.3. The lowest BCUT2D eigenvalue weighted by molar-refractivity contribution is 0.461.